The number of aryl methyl sites for hydroxylation is 1. The van der Waals surface area contributed by atoms with Crippen LogP contribution in [-0.2, 0) is 0 Å². The van der Waals surface area contributed by atoms with Gasteiger partial charge >= 0.3 is 0 Å². The number of carbonyl (C=O) groups excluding carboxylic acids is 1. The molecular weight excluding hydrogens is 288 g/mol. The van der Waals surface area contributed by atoms with E-state index in [0.29, 0.717) is 23.1 Å². The van der Waals surface area contributed by atoms with Crippen LogP contribution < -0.4 is 0 Å². The maximum Gasteiger partial charge on any atom is 0.259 e. The summed E-state index contributed by atoms with van der Waals surface area (Å²) in [6.07, 6.45) is 5.91. The van der Waals surface area contributed by atoms with Crippen molar-refractivity contribution in [2.75, 3.05) is 6.54 Å². The minimum absolute atomic E-state index is 0.0528. The van der Waals surface area contributed by atoms with E-state index >= 15 is 0 Å². The predicted octanol–water partition coefficient (Wildman–Crippen LogP) is 4.44. The number of aromatic nitrogens is 1. The number of carbonyl (C=O) groups is 1. The van der Waals surface area contributed by atoms with Crippen molar-refractivity contribution in [3.05, 3.63) is 41.7 Å². The molecule has 1 aromatic carbocycles. The van der Waals surface area contributed by atoms with Crippen LogP contribution in [0.4, 0.5) is 0 Å². The van der Waals surface area contributed by atoms with Crippen molar-refractivity contribution < 1.29 is 9.32 Å². The standard InChI is InChI=1S/C19H24N2O2/c1-3-21(16-12-8-5-9-13-16)19(22)17-14(2)23-20-18(17)15-10-6-4-7-11-15/h4,6-7,10-11,16H,3,5,8-9,12-13H2,1-2H3. The molecule has 4 nitrogen and oxygen atoms in total. The average molecular weight is 312 g/mol. The molecule has 3 rings (SSSR count). The van der Waals surface area contributed by atoms with Gasteiger partial charge in [-0.3, -0.25) is 4.79 Å². The van der Waals surface area contributed by atoms with Gasteiger partial charge in [-0.05, 0) is 26.7 Å². The van der Waals surface area contributed by atoms with Gasteiger partial charge in [0.05, 0.1) is 0 Å². The number of nitrogens with zero attached hydrogens (tertiary/aromatic N) is 2. The number of hydrogen-bond acceptors (Lipinski definition) is 3. The number of hydrogen-bond donors (Lipinski definition) is 0. The zero-order valence-corrected chi connectivity index (χ0v) is 13.9. The summed E-state index contributed by atoms with van der Waals surface area (Å²) in [7, 11) is 0. The maximum absolute atomic E-state index is 13.2. The van der Waals surface area contributed by atoms with E-state index in [-0.39, 0.29) is 5.91 Å². The van der Waals surface area contributed by atoms with E-state index in [0.717, 1.165) is 24.9 Å². The molecule has 4 heteroatoms. The van der Waals surface area contributed by atoms with Crippen molar-refractivity contribution in [1.29, 1.82) is 0 Å². The van der Waals surface area contributed by atoms with Crippen LogP contribution >= 0.6 is 0 Å². The molecule has 122 valence electrons. The molecule has 0 bridgehead atoms. The topological polar surface area (TPSA) is 46.3 Å². The van der Waals surface area contributed by atoms with E-state index < -0.39 is 0 Å². The molecule has 0 unspecified atom stereocenters. The van der Waals surface area contributed by atoms with Crippen LogP contribution in [0.3, 0.4) is 0 Å². The minimum Gasteiger partial charge on any atom is -0.360 e. The molecule has 1 aromatic heterocycles. The van der Waals surface area contributed by atoms with E-state index in [4.69, 9.17) is 4.52 Å². The average Bonchev–Trinajstić information content (AvgIpc) is 2.99. The molecule has 0 radical (unpaired) electrons. The summed E-state index contributed by atoms with van der Waals surface area (Å²) in [6, 6.07) is 10.1. The lowest BCUT2D eigenvalue weighted by atomic mass is 9.93. The van der Waals surface area contributed by atoms with Gasteiger partial charge in [0.25, 0.3) is 5.91 Å². The van der Waals surface area contributed by atoms with E-state index in [2.05, 4.69) is 12.1 Å². The van der Waals surface area contributed by atoms with E-state index in [1.807, 2.05) is 42.2 Å². The molecular formula is C19H24N2O2. The van der Waals surface area contributed by atoms with Crippen molar-refractivity contribution in [1.82, 2.24) is 10.1 Å². The Kier molecular flexibility index (Phi) is 4.79. The monoisotopic (exact) mass is 312 g/mol. The van der Waals surface area contributed by atoms with E-state index in [9.17, 15) is 4.79 Å². The molecule has 0 aliphatic heterocycles. The third-order valence-corrected chi connectivity index (χ3v) is 4.74. The normalized spacial score (nSPS) is 15.6. The second kappa shape index (κ2) is 6.99. The van der Waals surface area contributed by atoms with Gasteiger partial charge in [0.1, 0.15) is 17.0 Å². The van der Waals surface area contributed by atoms with Crippen molar-refractivity contribution >= 4 is 5.91 Å². The van der Waals surface area contributed by atoms with Crippen LogP contribution in [0.2, 0.25) is 0 Å². The third kappa shape index (κ3) is 3.16. The highest BCUT2D eigenvalue weighted by Crippen LogP contribution is 2.29. The first-order valence-electron chi connectivity index (χ1n) is 8.55. The van der Waals surface area contributed by atoms with Gasteiger partial charge in [0.15, 0.2) is 0 Å². The highest BCUT2D eigenvalue weighted by atomic mass is 16.5. The quantitative estimate of drug-likeness (QED) is 0.838. The lowest BCUT2D eigenvalue weighted by Gasteiger charge is -2.33. The van der Waals surface area contributed by atoms with Crippen LogP contribution in [0.15, 0.2) is 34.9 Å². The molecule has 0 atom stereocenters. The molecule has 0 spiro atoms. The number of benzene rings is 1. The number of amides is 1. The van der Waals surface area contributed by atoms with Gasteiger partial charge in [-0.1, -0.05) is 54.8 Å². The lowest BCUT2D eigenvalue weighted by molar-refractivity contribution is 0.0647. The van der Waals surface area contributed by atoms with Crippen LogP contribution in [-0.4, -0.2) is 28.6 Å². The summed E-state index contributed by atoms with van der Waals surface area (Å²) in [6.45, 7) is 4.60. The van der Waals surface area contributed by atoms with Crippen LogP contribution in [0, 0.1) is 6.92 Å². The maximum atomic E-state index is 13.2. The minimum atomic E-state index is 0.0528. The second-order valence-electron chi connectivity index (χ2n) is 6.21. The Labute approximate surface area is 137 Å². The van der Waals surface area contributed by atoms with Crippen LogP contribution in [0.25, 0.3) is 11.3 Å². The Morgan fingerprint density at radius 3 is 2.57 bits per heavy atom. The SMILES string of the molecule is CCN(C(=O)c1c(-c2ccccc2)noc1C)C1CCCCC1. The molecule has 0 saturated heterocycles. The first kappa shape index (κ1) is 15.8. The zero-order chi connectivity index (χ0) is 16.2. The van der Waals surface area contributed by atoms with Gasteiger partial charge in [0.2, 0.25) is 0 Å². The molecule has 0 N–H and O–H groups in total. The van der Waals surface area contributed by atoms with Crippen molar-refractivity contribution in [3.63, 3.8) is 0 Å². The Morgan fingerprint density at radius 2 is 1.91 bits per heavy atom. The molecule has 2 aromatic rings. The van der Waals surface area contributed by atoms with Crippen LogP contribution in [0.5, 0.6) is 0 Å². The summed E-state index contributed by atoms with van der Waals surface area (Å²) in [5, 5.41) is 4.15. The number of rotatable bonds is 4. The van der Waals surface area contributed by atoms with Gasteiger partial charge in [0, 0.05) is 18.2 Å². The molecule has 1 amide bonds. The smallest absolute Gasteiger partial charge is 0.259 e. The van der Waals surface area contributed by atoms with Gasteiger partial charge < -0.3 is 9.42 Å². The van der Waals surface area contributed by atoms with E-state index in [1.165, 1.54) is 19.3 Å². The fraction of sp³-hybridized carbons (Fsp3) is 0.474. The summed E-state index contributed by atoms with van der Waals surface area (Å²) in [5.74, 6) is 0.653. The summed E-state index contributed by atoms with van der Waals surface area (Å²) >= 11 is 0. The van der Waals surface area contributed by atoms with Crippen molar-refractivity contribution in [3.8, 4) is 11.3 Å². The second-order valence-corrected chi connectivity index (χ2v) is 6.21. The molecule has 23 heavy (non-hydrogen) atoms. The van der Waals surface area contributed by atoms with Crippen molar-refractivity contribution in [2.24, 2.45) is 0 Å². The molecule has 1 aliphatic carbocycles. The molecule has 1 aliphatic rings. The summed E-state index contributed by atoms with van der Waals surface area (Å²) < 4.78 is 5.36. The van der Waals surface area contributed by atoms with Crippen molar-refractivity contribution in [2.45, 2.75) is 52.0 Å². The van der Waals surface area contributed by atoms with E-state index in [1.54, 1.807) is 0 Å². The Balaban J connectivity index is 1.94. The van der Waals surface area contributed by atoms with Gasteiger partial charge in [-0.15, -0.1) is 0 Å². The van der Waals surface area contributed by atoms with Crippen LogP contribution in [0.1, 0.15) is 55.1 Å². The third-order valence-electron chi connectivity index (χ3n) is 4.74. The lowest BCUT2D eigenvalue weighted by Crippen LogP contribution is -2.41. The fourth-order valence-electron chi connectivity index (χ4n) is 3.52. The first-order chi connectivity index (χ1) is 11.2. The molecule has 1 heterocycles. The Morgan fingerprint density at radius 1 is 1.22 bits per heavy atom. The Hall–Kier alpha value is -2.10. The zero-order valence-electron chi connectivity index (χ0n) is 13.9. The first-order valence-corrected chi connectivity index (χ1v) is 8.55. The highest BCUT2D eigenvalue weighted by molar-refractivity contribution is 6.00. The highest BCUT2D eigenvalue weighted by Gasteiger charge is 2.30. The molecule has 1 saturated carbocycles. The fourth-order valence-corrected chi connectivity index (χ4v) is 3.52. The predicted molar refractivity (Wildman–Crippen MR) is 90.3 cm³/mol. The summed E-state index contributed by atoms with van der Waals surface area (Å²) in [5.41, 5.74) is 2.19. The molecule has 1 fully saturated rings. The van der Waals surface area contributed by atoms with Gasteiger partial charge in [-0.2, -0.15) is 0 Å². The van der Waals surface area contributed by atoms with Gasteiger partial charge in [-0.25, -0.2) is 0 Å². The largest absolute Gasteiger partial charge is 0.360 e. The summed E-state index contributed by atoms with van der Waals surface area (Å²) in [4.78, 5) is 15.2. The Bertz CT molecular complexity index is 657.